The maximum absolute atomic E-state index is 12.6. The highest BCUT2D eigenvalue weighted by Gasteiger charge is 2.15. The summed E-state index contributed by atoms with van der Waals surface area (Å²) in [5.74, 6) is 1.08. The predicted octanol–water partition coefficient (Wildman–Crippen LogP) is 6.45. The lowest BCUT2D eigenvalue weighted by molar-refractivity contribution is 0.0977. The summed E-state index contributed by atoms with van der Waals surface area (Å²) in [4.78, 5) is 17.3. The second-order valence-corrected chi connectivity index (χ2v) is 8.64. The molecule has 0 aliphatic carbocycles. The van der Waals surface area contributed by atoms with Crippen LogP contribution in [0.1, 0.15) is 10.4 Å². The van der Waals surface area contributed by atoms with E-state index in [1.807, 2.05) is 36.4 Å². The number of thiocarbonyl (C=S) groups is 1. The van der Waals surface area contributed by atoms with Crippen LogP contribution in [0.5, 0.6) is 11.5 Å². The normalized spacial score (nSPS) is 10.9. The van der Waals surface area contributed by atoms with Crippen LogP contribution in [0.15, 0.2) is 77.2 Å². The molecular formula is C27H20ClN3O4S. The van der Waals surface area contributed by atoms with E-state index in [0.29, 0.717) is 44.8 Å². The molecule has 0 saturated carbocycles. The first-order valence-electron chi connectivity index (χ1n) is 10.9. The molecule has 1 heterocycles. The number of nitrogens with one attached hydrogen (secondary N) is 2. The molecule has 180 valence electrons. The fourth-order valence-electron chi connectivity index (χ4n) is 3.89. The van der Waals surface area contributed by atoms with E-state index in [1.54, 1.807) is 36.4 Å². The minimum absolute atomic E-state index is 0.140. The van der Waals surface area contributed by atoms with Crippen LogP contribution in [0.2, 0.25) is 5.02 Å². The van der Waals surface area contributed by atoms with Gasteiger partial charge in [0, 0.05) is 27.2 Å². The van der Waals surface area contributed by atoms with Crippen molar-refractivity contribution in [3.05, 3.63) is 83.4 Å². The Kier molecular flexibility index (Phi) is 6.45. The lowest BCUT2D eigenvalue weighted by atomic mass is 10.0. The third-order valence-corrected chi connectivity index (χ3v) is 6.15. The van der Waals surface area contributed by atoms with Gasteiger partial charge in [0.1, 0.15) is 5.52 Å². The van der Waals surface area contributed by atoms with Gasteiger partial charge in [0.05, 0.1) is 14.2 Å². The van der Waals surface area contributed by atoms with E-state index in [0.717, 1.165) is 16.3 Å². The molecule has 0 atom stereocenters. The Morgan fingerprint density at radius 2 is 1.72 bits per heavy atom. The van der Waals surface area contributed by atoms with E-state index < -0.39 is 0 Å². The van der Waals surface area contributed by atoms with E-state index in [2.05, 4.69) is 15.6 Å². The minimum Gasteiger partial charge on any atom is -0.493 e. The molecule has 0 spiro atoms. The number of carbonyl (C=O) groups is 1. The molecule has 0 unspecified atom stereocenters. The van der Waals surface area contributed by atoms with Crippen LogP contribution in [0, 0.1) is 0 Å². The van der Waals surface area contributed by atoms with Crippen LogP contribution in [0.4, 0.5) is 5.69 Å². The number of halogens is 1. The Morgan fingerprint density at radius 1 is 0.944 bits per heavy atom. The quantitative estimate of drug-likeness (QED) is 0.259. The number of fused-ring (bicyclic) bond motifs is 2. The lowest BCUT2D eigenvalue weighted by Crippen LogP contribution is -2.34. The molecule has 0 saturated heterocycles. The maximum atomic E-state index is 12.6. The fourth-order valence-corrected chi connectivity index (χ4v) is 4.34. The predicted molar refractivity (Wildman–Crippen MR) is 145 cm³/mol. The van der Waals surface area contributed by atoms with Crippen LogP contribution < -0.4 is 20.1 Å². The molecule has 5 aromatic rings. The molecule has 5 rings (SSSR count). The van der Waals surface area contributed by atoms with Crippen molar-refractivity contribution in [2.24, 2.45) is 0 Å². The fraction of sp³-hybridized carbons (Fsp3) is 0.0741. The van der Waals surface area contributed by atoms with Crippen LogP contribution in [0.3, 0.4) is 0 Å². The third-order valence-electron chi connectivity index (χ3n) is 5.62. The highest BCUT2D eigenvalue weighted by molar-refractivity contribution is 7.80. The average Bonchev–Trinajstić information content (AvgIpc) is 3.31. The summed E-state index contributed by atoms with van der Waals surface area (Å²) in [7, 11) is 3.04. The van der Waals surface area contributed by atoms with Gasteiger partial charge in [0.25, 0.3) is 5.91 Å². The van der Waals surface area contributed by atoms with Gasteiger partial charge < -0.3 is 19.2 Å². The van der Waals surface area contributed by atoms with Crippen molar-refractivity contribution in [2.75, 3.05) is 19.5 Å². The summed E-state index contributed by atoms with van der Waals surface area (Å²) in [5.41, 5.74) is 3.14. The van der Waals surface area contributed by atoms with Gasteiger partial charge >= 0.3 is 0 Å². The van der Waals surface area contributed by atoms with Crippen LogP contribution in [0.25, 0.3) is 33.3 Å². The number of anilines is 1. The first-order valence-corrected chi connectivity index (χ1v) is 11.7. The minimum atomic E-state index is -0.382. The number of ether oxygens (including phenoxy) is 2. The molecule has 0 aliphatic rings. The van der Waals surface area contributed by atoms with E-state index in [-0.39, 0.29) is 11.0 Å². The first-order chi connectivity index (χ1) is 17.5. The van der Waals surface area contributed by atoms with Gasteiger partial charge in [-0.25, -0.2) is 4.98 Å². The van der Waals surface area contributed by atoms with Gasteiger partial charge in [-0.05, 0) is 66.1 Å². The zero-order valence-electron chi connectivity index (χ0n) is 19.3. The number of aromatic nitrogens is 1. The number of carbonyl (C=O) groups excluding carboxylic acids is 1. The van der Waals surface area contributed by atoms with Crippen molar-refractivity contribution in [3.8, 4) is 23.0 Å². The number of nitrogens with zero attached hydrogens (tertiary/aromatic N) is 1. The van der Waals surface area contributed by atoms with Crippen LogP contribution in [-0.4, -0.2) is 30.2 Å². The molecule has 1 aromatic heterocycles. The molecule has 9 heteroatoms. The van der Waals surface area contributed by atoms with Crippen molar-refractivity contribution in [1.29, 1.82) is 0 Å². The molecular weight excluding hydrogens is 498 g/mol. The first kappa shape index (κ1) is 23.6. The Bertz CT molecular complexity index is 1630. The topological polar surface area (TPSA) is 85.6 Å². The standard InChI is InChI=1S/C27H20ClN3O4S/c1-33-23-11-9-15(13-24(23)34-2)25(32)31-27(36)29-16-10-12-22-21(14-16)30-26(35-22)19-7-3-6-18-17(19)5-4-8-20(18)28/h3-14H,1-2H3,(H2,29,31,32,36). The molecule has 4 aromatic carbocycles. The van der Waals surface area contributed by atoms with Gasteiger partial charge in [-0.2, -0.15) is 0 Å². The zero-order chi connectivity index (χ0) is 25.2. The van der Waals surface area contributed by atoms with E-state index in [4.69, 9.17) is 37.7 Å². The summed E-state index contributed by atoms with van der Waals surface area (Å²) in [6.07, 6.45) is 0. The number of hydrogen-bond acceptors (Lipinski definition) is 6. The Hall–Kier alpha value is -4.14. The van der Waals surface area contributed by atoms with Gasteiger partial charge in [-0.15, -0.1) is 0 Å². The molecule has 36 heavy (non-hydrogen) atoms. The summed E-state index contributed by atoms with van der Waals surface area (Å²) >= 11 is 11.7. The monoisotopic (exact) mass is 517 g/mol. The number of rotatable bonds is 5. The summed E-state index contributed by atoms with van der Waals surface area (Å²) in [6, 6.07) is 21.8. The average molecular weight is 518 g/mol. The number of oxazole rings is 1. The van der Waals surface area contributed by atoms with Crippen molar-refractivity contribution >= 4 is 62.4 Å². The van der Waals surface area contributed by atoms with Gasteiger partial charge in [0.2, 0.25) is 5.89 Å². The highest BCUT2D eigenvalue weighted by atomic mass is 35.5. The summed E-state index contributed by atoms with van der Waals surface area (Å²) in [6.45, 7) is 0. The van der Waals surface area contributed by atoms with Gasteiger partial charge in [0.15, 0.2) is 22.2 Å². The molecule has 0 radical (unpaired) electrons. The summed E-state index contributed by atoms with van der Waals surface area (Å²) < 4.78 is 16.5. The molecule has 0 bridgehead atoms. The molecule has 1 amide bonds. The SMILES string of the molecule is COc1ccc(C(=O)NC(=S)Nc2ccc3oc(-c4cccc5c(Cl)cccc45)nc3c2)cc1OC. The van der Waals surface area contributed by atoms with E-state index in [9.17, 15) is 4.79 Å². The number of hydrogen-bond donors (Lipinski definition) is 2. The smallest absolute Gasteiger partial charge is 0.257 e. The van der Waals surface area contributed by atoms with E-state index >= 15 is 0 Å². The molecule has 0 aliphatic heterocycles. The number of amides is 1. The summed E-state index contributed by atoms with van der Waals surface area (Å²) in [5, 5.41) is 8.37. The highest BCUT2D eigenvalue weighted by Crippen LogP contribution is 2.34. The van der Waals surface area contributed by atoms with E-state index in [1.165, 1.54) is 14.2 Å². The second kappa shape index (κ2) is 9.85. The number of methoxy groups -OCH3 is 2. The second-order valence-electron chi connectivity index (χ2n) is 7.82. The van der Waals surface area contributed by atoms with Crippen molar-refractivity contribution < 1.29 is 18.7 Å². The molecule has 0 fully saturated rings. The Balaban J connectivity index is 1.35. The largest absolute Gasteiger partial charge is 0.493 e. The zero-order valence-corrected chi connectivity index (χ0v) is 20.9. The van der Waals surface area contributed by atoms with Crippen molar-refractivity contribution in [3.63, 3.8) is 0 Å². The van der Waals surface area contributed by atoms with Crippen molar-refractivity contribution in [1.82, 2.24) is 10.3 Å². The van der Waals surface area contributed by atoms with Crippen LogP contribution >= 0.6 is 23.8 Å². The Labute approximate surface area is 217 Å². The van der Waals surface area contributed by atoms with Gasteiger partial charge in [-0.3, -0.25) is 10.1 Å². The van der Waals surface area contributed by atoms with Crippen molar-refractivity contribution in [2.45, 2.75) is 0 Å². The van der Waals surface area contributed by atoms with Gasteiger partial charge in [-0.1, -0.05) is 35.9 Å². The third kappa shape index (κ3) is 4.56. The molecule has 2 N–H and O–H groups in total. The maximum Gasteiger partial charge on any atom is 0.257 e. The molecule has 7 nitrogen and oxygen atoms in total. The lowest BCUT2D eigenvalue weighted by Gasteiger charge is -2.11. The Morgan fingerprint density at radius 3 is 2.53 bits per heavy atom. The van der Waals surface area contributed by atoms with Crippen LogP contribution in [-0.2, 0) is 0 Å². The number of benzene rings is 4.